The second kappa shape index (κ2) is 11.4. The van der Waals surface area contributed by atoms with Gasteiger partial charge in [0.2, 0.25) is 10.0 Å². The Morgan fingerprint density at radius 1 is 0.906 bits per heavy atom. The first kappa shape index (κ1) is 23.5. The summed E-state index contributed by atoms with van der Waals surface area (Å²) >= 11 is 0. The number of carbonyl (C=O) groups excluding carboxylic acids is 1. The highest BCUT2D eigenvalue weighted by Crippen LogP contribution is 2.18. The van der Waals surface area contributed by atoms with Crippen LogP contribution in [0, 0.1) is 0 Å². The molecule has 32 heavy (non-hydrogen) atoms. The lowest BCUT2D eigenvalue weighted by molar-refractivity contribution is 0.102. The number of hydrogen-bond donors (Lipinski definition) is 2. The van der Waals surface area contributed by atoms with Crippen molar-refractivity contribution in [1.82, 2.24) is 4.72 Å². The molecule has 0 spiro atoms. The molecule has 0 heterocycles. The SMILES string of the molecule is CCOCCOc1cccc(C(=O)Nc2ccc(S(=O)(=O)NCc3ccccc3)cc2)c1. The van der Waals surface area contributed by atoms with Gasteiger partial charge in [-0.05, 0) is 55.0 Å². The minimum Gasteiger partial charge on any atom is -0.491 e. The van der Waals surface area contributed by atoms with Crippen LogP contribution in [0.25, 0.3) is 0 Å². The first-order valence-corrected chi connectivity index (χ1v) is 11.7. The zero-order valence-electron chi connectivity index (χ0n) is 17.8. The molecule has 3 rings (SSSR count). The third-order valence-electron chi connectivity index (χ3n) is 4.53. The lowest BCUT2D eigenvalue weighted by Crippen LogP contribution is -2.23. The van der Waals surface area contributed by atoms with Crippen LogP contribution >= 0.6 is 0 Å². The normalized spacial score (nSPS) is 11.2. The van der Waals surface area contributed by atoms with Crippen LogP contribution in [0.1, 0.15) is 22.8 Å². The van der Waals surface area contributed by atoms with Crippen LogP contribution in [-0.4, -0.2) is 34.1 Å². The van der Waals surface area contributed by atoms with Gasteiger partial charge in [-0.25, -0.2) is 13.1 Å². The fourth-order valence-corrected chi connectivity index (χ4v) is 3.89. The molecule has 0 unspecified atom stereocenters. The van der Waals surface area contributed by atoms with Crippen LogP contribution in [0.15, 0.2) is 83.8 Å². The van der Waals surface area contributed by atoms with Gasteiger partial charge in [0.1, 0.15) is 12.4 Å². The van der Waals surface area contributed by atoms with Crippen molar-refractivity contribution in [1.29, 1.82) is 0 Å². The summed E-state index contributed by atoms with van der Waals surface area (Å²) in [6, 6.07) is 22.1. The summed E-state index contributed by atoms with van der Waals surface area (Å²) in [6.07, 6.45) is 0. The second-order valence-electron chi connectivity index (χ2n) is 6.86. The Morgan fingerprint density at radius 3 is 2.38 bits per heavy atom. The smallest absolute Gasteiger partial charge is 0.255 e. The average Bonchev–Trinajstić information content (AvgIpc) is 2.82. The molecule has 2 N–H and O–H groups in total. The highest BCUT2D eigenvalue weighted by atomic mass is 32.2. The van der Waals surface area contributed by atoms with Gasteiger partial charge in [0, 0.05) is 24.4 Å². The molecule has 0 atom stereocenters. The topological polar surface area (TPSA) is 93.7 Å². The number of carbonyl (C=O) groups is 1. The van der Waals surface area contributed by atoms with Crippen LogP contribution in [0.5, 0.6) is 5.75 Å². The van der Waals surface area contributed by atoms with E-state index in [9.17, 15) is 13.2 Å². The Bertz CT molecular complexity index is 1120. The number of benzene rings is 3. The van der Waals surface area contributed by atoms with Gasteiger partial charge in [0.25, 0.3) is 5.91 Å². The van der Waals surface area contributed by atoms with E-state index in [-0.39, 0.29) is 17.3 Å². The molecule has 1 amide bonds. The lowest BCUT2D eigenvalue weighted by atomic mass is 10.2. The first-order valence-electron chi connectivity index (χ1n) is 10.2. The number of nitrogens with one attached hydrogen (secondary N) is 2. The molecular formula is C24H26N2O5S. The number of hydrogen-bond acceptors (Lipinski definition) is 5. The molecule has 0 bridgehead atoms. The van der Waals surface area contributed by atoms with Crippen LogP contribution in [0.2, 0.25) is 0 Å². The molecule has 0 saturated heterocycles. The van der Waals surface area contributed by atoms with Crippen molar-refractivity contribution < 1.29 is 22.7 Å². The molecule has 7 nitrogen and oxygen atoms in total. The molecule has 0 aliphatic carbocycles. The maximum absolute atomic E-state index is 12.6. The van der Waals surface area contributed by atoms with E-state index in [0.717, 1.165) is 5.56 Å². The van der Waals surface area contributed by atoms with Gasteiger partial charge in [0.05, 0.1) is 11.5 Å². The van der Waals surface area contributed by atoms with Crippen LogP contribution in [0.3, 0.4) is 0 Å². The zero-order valence-corrected chi connectivity index (χ0v) is 18.6. The van der Waals surface area contributed by atoms with Gasteiger partial charge >= 0.3 is 0 Å². The molecule has 0 aromatic heterocycles. The fourth-order valence-electron chi connectivity index (χ4n) is 2.87. The highest BCUT2D eigenvalue weighted by molar-refractivity contribution is 7.89. The van der Waals surface area contributed by atoms with Crippen molar-refractivity contribution in [2.45, 2.75) is 18.4 Å². The molecule has 8 heteroatoms. The molecule has 0 radical (unpaired) electrons. The van der Waals surface area contributed by atoms with E-state index in [0.29, 0.717) is 36.8 Å². The van der Waals surface area contributed by atoms with E-state index in [1.54, 1.807) is 36.4 Å². The van der Waals surface area contributed by atoms with E-state index < -0.39 is 10.0 Å². The highest BCUT2D eigenvalue weighted by Gasteiger charge is 2.14. The molecule has 3 aromatic rings. The molecule has 0 fully saturated rings. The summed E-state index contributed by atoms with van der Waals surface area (Å²) in [4.78, 5) is 12.7. The van der Waals surface area contributed by atoms with Crippen LogP contribution in [-0.2, 0) is 21.3 Å². The molecule has 0 aliphatic heterocycles. The van der Waals surface area contributed by atoms with Gasteiger partial charge in [-0.1, -0.05) is 36.4 Å². The minimum atomic E-state index is -3.66. The summed E-state index contributed by atoms with van der Waals surface area (Å²) in [7, 11) is -3.66. The van der Waals surface area contributed by atoms with E-state index in [1.807, 2.05) is 37.3 Å². The van der Waals surface area contributed by atoms with Crippen LogP contribution in [0.4, 0.5) is 5.69 Å². The Hall–Kier alpha value is -3.20. The Morgan fingerprint density at radius 2 is 1.66 bits per heavy atom. The average molecular weight is 455 g/mol. The summed E-state index contributed by atoms with van der Waals surface area (Å²) in [6.45, 7) is 3.60. The molecule has 0 aliphatic rings. The third kappa shape index (κ3) is 6.91. The Labute approximate surface area is 188 Å². The van der Waals surface area contributed by atoms with Crippen molar-refractivity contribution in [3.05, 3.63) is 90.0 Å². The maximum Gasteiger partial charge on any atom is 0.255 e. The van der Waals surface area contributed by atoms with Gasteiger partial charge in [-0.2, -0.15) is 0 Å². The number of rotatable bonds is 11. The van der Waals surface area contributed by atoms with E-state index in [4.69, 9.17) is 9.47 Å². The predicted molar refractivity (Wildman–Crippen MR) is 123 cm³/mol. The second-order valence-corrected chi connectivity index (χ2v) is 8.63. The number of amides is 1. The molecule has 0 saturated carbocycles. The monoisotopic (exact) mass is 454 g/mol. The molecule has 3 aromatic carbocycles. The minimum absolute atomic E-state index is 0.121. The first-order chi connectivity index (χ1) is 15.5. The zero-order chi connectivity index (χ0) is 22.8. The van der Waals surface area contributed by atoms with Crippen molar-refractivity contribution in [2.75, 3.05) is 25.1 Å². The summed E-state index contributed by atoms with van der Waals surface area (Å²) in [5.74, 6) is 0.251. The number of ether oxygens (including phenoxy) is 2. The van der Waals surface area contributed by atoms with E-state index in [1.165, 1.54) is 12.1 Å². The lowest BCUT2D eigenvalue weighted by Gasteiger charge is -2.10. The van der Waals surface area contributed by atoms with Gasteiger partial charge < -0.3 is 14.8 Å². The van der Waals surface area contributed by atoms with E-state index in [2.05, 4.69) is 10.0 Å². The summed E-state index contributed by atoms with van der Waals surface area (Å²) < 4.78 is 38.4. The van der Waals surface area contributed by atoms with Crippen molar-refractivity contribution in [3.8, 4) is 5.75 Å². The van der Waals surface area contributed by atoms with E-state index >= 15 is 0 Å². The predicted octanol–water partition coefficient (Wildman–Crippen LogP) is 3.83. The standard InChI is InChI=1S/C24H26N2O5S/c1-2-30-15-16-31-22-10-6-9-20(17-22)24(27)26-21-11-13-23(14-12-21)32(28,29)25-18-19-7-4-3-5-8-19/h3-14,17,25H,2,15-16,18H2,1H3,(H,26,27). The van der Waals surface area contributed by atoms with Crippen molar-refractivity contribution in [3.63, 3.8) is 0 Å². The third-order valence-corrected chi connectivity index (χ3v) is 5.95. The maximum atomic E-state index is 12.6. The molecule has 168 valence electrons. The quantitative estimate of drug-likeness (QED) is 0.430. The number of anilines is 1. The summed E-state index contributed by atoms with van der Waals surface area (Å²) in [5.41, 5.74) is 1.78. The van der Waals surface area contributed by atoms with Crippen molar-refractivity contribution in [2.24, 2.45) is 0 Å². The Balaban J connectivity index is 1.58. The largest absolute Gasteiger partial charge is 0.491 e. The van der Waals surface area contributed by atoms with Gasteiger partial charge in [0.15, 0.2) is 0 Å². The summed E-state index contributed by atoms with van der Waals surface area (Å²) in [5, 5.41) is 2.76. The van der Waals surface area contributed by atoms with Gasteiger partial charge in [-0.3, -0.25) is 4.79 Å². The Kier molecular flexibility index (Phi) is 8.38. The van der Waals surface area contributed by atoms with Crippen molar-refractivity contribution >= 4 is 21.6 Å². The fraction of sp³-hybridized carbons (Fsp3) is 0.208. The van der Waals surface area contributed by atoms with Crippen LogP contribution < -0.4 is 14.8 Å². The number of sulfonamides is 1. The molecular weight excluding hydrogens is 428 g/mol. The van der Waals surface area contributed by atoms with Gasteiger partial charge in [-0.15, -0.1) is 0 Å².